The Morgan fingerprint density at radius 2 is 1.90 bits per heavy atom. The highest BCUT2D eigenvalue weighted by Crippen LogP contribution is 2.26. The second-order valence-electron chi connectivity index (χ2n) is 5.20. The second-order valence-corrected chi connectivity index (χ2v) is 6.13. The number of hydrogen-bond donors (Lipinski definition) is 1. The van der Waals surface area contributed by atoms with Crippen molar-refractivity contribution in [2.75, 3.05) is 11.9 Å². The van der Waals surface area contributed by atoms with E-state index < -0.39 is 0 Å². The van der Waals surface area contributed by atoms with Crippen molar-refractivity contribution in [2.24, 2.45) is 4.99 Å². The lowest BCUT2D eigenvalue weighted by atomic mass is 9.97. The average molecular weight is 315 g/mol. The molecule has 4 heteroatoms. The maximum Gasteiger partial charge on any atom is 0.102 e. The first-order valence-electron chi connectivity index (χ1n) is 6.76. The predicted molar refractivity (Wildman–Crippen MR) is 94.1 cm³/mol. The van der Waals surface area contributed by atoms with E-state index in [1.54, 1.807) is 0 Å². The molecule has 0 aromatic heterocycles. The van der Waals surface area contributed by atoms with Crippen LogP contribution in [-0.2, 0) is 0 Å². The summed E-state index contributed by atoms with van der Waals surface area (Å²) >= 11 is 11.5. The number of fused-ring (bicyclic) bond motifs is 1. The Balaban J connectivity index is 2.19. The van der Waals surface area contributed by atoms with Gasteiger partial charge in [0.15, 0.2) is 0 Å². The van der Waals surface area contributed by atoms with E-state index in [4.69, 9.17) is 23.8 Å². The Morgan fingerprint density at radius 1 is 1.10 bits per heavy atom. The number of hydrogen-bond acceptors (Lipinski definition) is 2. The molecule has 0 bridgehead atoms. The van der Waals surface area contributed by atoms with Crippen molar-refractivity contribution >= 4 is 40.2 Å². The van der Waals surface area contributed by atoms with Crippen LogP contribution in [0, 0.1) is 13.8 Å². The molecule has 21 heavy (non-hydrogen) atoms. The Bertz CT molecular complexity index is 765. The predicted octanol–water partition coefficient (Wildman–Crippen LogP) is 4.55. The van der Waals surface area contributed by atoms with Gasteiger partial charge in [0, 0.05) is 21.8 Å². The number of nitrogens with one attached hydrogen (secondary N) is 1. The van der Waals surface area contributed by atoms with Crippen molar-refractivity contribution in [1.29, 1.82) is 0 Å². The number of thiocarbonyl (C=S) groups is 1. The lowest BCUT2D eigenvalue weighted by molar-refractivity contribution is 1.30. The maximum atomic E-state index is 6.16. The molecule has 0 atom stereocenters. The van der Waals surface area contributed by atoms with Gasteiger partial charge < -0.3 is 5.32 Å². The third-order valence-corrected chi connectivity index (χ3v) is 4.14. The second kappa shape index (κ2) is 5.58. The number of nitrogens with zero attached hydrogens (tertiary/aromatic N) is 1. The summed E-state index contributed by atoms with van der Waals surface area (Å²) in [6, 6.07) is 12.1. The largest absolute Gasteiger partial charge is 0.348 e. The first-order chi connectivity index (χ1) is 10.0. The van der Waals surface area contributed by atoms with Crippen LogP contribution in [0.25, 0.3) is 0 Å². The molecule has 0 saturated heterocycles. The number of halogens is 1. The molecule has 2 aromatic carbocycles. The smallest absolute Gasteiger partial charge is 0.102 e. The number of anilines is 1. The summed E-state index contributed by atoms with van der Waals surface area (Å²) < 4.78 is 0. The maximum absolute atomic E-state index is 6.16. The molecular weight excluding hydrogens is 300 g/mol. The monoisotopic (exact) mass is 314 g/mol. The highest BCUT2D eigenvalue weighted by molar-refractivity contribution is 7.80. The van der Waals surface area contributed by atoms with Gasteiger partial charge >= 0.3 is 0 Å². The van der Waals surface area contributed by atoms with E-state index in [9.17, 15) is 0 Å². The zero-order valence-electron chi connectivity index (χ0n) is 11.9. The lowest BCUT2D eigenvalue weighted by Crippen LogP contribution is -2.10. The van der Waals surface area contributed by atoms with Crippen LogP contribution in [0.15, 0.2) is 41.4 Å². The first kappa shape index (κ1) is 14.2. The minimum Gasteiger partial charge on any atom is -0.348 e. The van der Waals surface area contributed by atoms with Gasteiger partial charge in [-0.15, -0.1) is 0 Å². The van der Waals surface area contributed by atoms with E-state index in [2.05, 4.69) is 42.4 Å². The van der Waals surface area contributed by atoms with Gasteiger partial charge in [0.2, 0.25) is 0 Å². The highest BCUT2D eigenvalue weighted by atomic mass is 35.5. The Labute approximate surface area is 134 Å². The van der Waals surface area contributed by atoms with Gasteiger partial charge in [0.1, 0.15) is 4.99 Å². The fraction of sp³-hybridized carbons (Fsp3) is 0.176. The number of benzene rings is 2. The molecule has 2 nitrogen and oxygen atoms in total. The van der Waals surface area contributed by atoms with Crippen LogP contribution in [0.1, 0.15) is 22.3 Å². The van der Waals surface area contributed by atoms with Gasteiger partial charge in [0.05, 0.1) is 12.3 Å². The van der Waals surface area contributed by atoms with E-state index in [-0.39, 0.29) is 0 Å². The van der Waals surface area contributed by atoms with Gasteiger partial charge in [-0.05, 0) is 49.2 Å². The highest BCUT2D eigenvalue weighted by Gasteiger charge is 2.17. The minimum absolute atomic E-state index is 0.490. The molecule has 0 saturated carbocycles. The van der Waals surface area contributed by atoms with Gasteiger partial charge in [-0.3, -0.25) is 4.99 Å². The van der Waals surface area contributed by atoms with E-state index in [0.717, 1.165) is 27.5 Å². The molecule has 2 aromatic rings. The molecule has 1 N–H and O–H groups in total. The molecule has 3 rings (SSSR count). The fourth-order valence-corrected chi connectivity index (χ4v) is 2.73. The molecule has 0 amide bonds. The third-order valence-electron chi connectivity index (χ3n) is 3.67. The molecule has 1 aliphatic rings. The number of benzodiazepines with no additional fused rings is 1. The van der Waals surface area contributed by atoms with E-state index >= 15 is 0 Å². The van der Waals surface area contributed by atoms with Crippen molar-refractivity contribution in [3.8, 4) is 0 Å². The number of aryl methyl sites for hydroxylation is 2. The molecule has 106 valence electrons. The van der Waals surface area contributed by atoms with Crippen molar-refractivity contribution in [1.82, 2.24) is 0 Å². The van der Waals surface area contributed by atoms with Crippen LogP contribution < -0.4 is 5.32 Å². The Hall–Kier alpha value is -1.71. The standard InChI is InChI=1S/C17H15ClN2S/c1-10-3-4-12(7-11(10)2)17-14-8-13(18)5-6-15(14)20-16(21)9-19-17/h3-8H,9H2,1-2H3,(H,20,21). The van der Waals surface area contributed by atoms with E-state index in [1.807, 2.05) is 18.2 Å². The molecule has 0 aliphatic carbocycles. The first-order valence-corrected chi connectivity index (χ1v) is 7.55. The quantitative estimate of drug-likeness (QED) is 0.781. The lowest BCUT2D eigenvalue weighted by Gasteiger charge is -2.12. The molecule has 1 heterocycles. The minimum atomic E-state index is 0.490. The molecule has 1 aliphatic heterocycles. The van der Waals surface area contributed by atoms with Crippen LogP contribution >= 0.6 is 23.8 Å². The van der Waals surface area contributed by atoms with Crippen LogP contribution in [0.5, 0.6) is 0 Å². The van der Waals surface area contributed by atoms with Crippen molar-refractivity contribution in [3.05, 3.63) is 63.7 Å². The number of aliphatic imine (C=N–C) groups is 1. The van der Waals surface area contributed by atoms with Crippen molar-refractivity contribution < 1.29 is 0 Å². The fourth-order valence-electron chi connectivity index (χ4n) is 2.38. The zero-order valence-corrected chi connectivity index (χ0v) is 13.5. The zero-order chi connectivity index (χ0) is 15.0. The molecule has 0 unspecified atom stereocenters. The normalized spacial score (nSPS) is 14.0. The van der Waals surface area contributed by atoms with Crippen LogP contribution in [0.4, 0.5) is 5.69 Å². The Morgan fingerprint density at radius 3 is 2.67 bits per heavy atom. The summed E-state index contributed by atoms with van der Waals surface area (Å²) in [6.45, 7) is 4.71. The summed E-state index contributed by atoms with van der Waals surface area (Å²) in [7, 11) is 0. The molecule has 0 fully saturated rings. The topological polar surface area (TPSA) is 24.4 Å². The molecule has 0 spiro atoms. The van der Waals surface area contributed by atoms with Gasteiger partial charge in [-0.25, -0.2) is 0 Å². The third kappa shape index (κ3) is 2.85. The SMILES string of the molecule is Cc1ccc(C2=NCC(=S)Nc3ccc(Cl)cc32)cc1C. The molecule has 0 radical (unpaired) electrons. The van der Waals surface area contributed by atoms with E-state index in [0.29, 0.717) is 11.6 Å². The summed E-state index contributed by atoms with van der Waals surface area (Å²) in [6.07, 6.45) is 0. The van der Waals surface area contributed by atoms with Crippen molar-refractivity contribution in [2.45, 2.75) is 13.8 Å². The van der Waals surface area contributed by atoms with Crippen molar-refractivity contribution in [3.63, 3.8) is 0 Å². The van der Waals surface area contributed by atoms with E-state index in [1.165, 1.54) is 11.1 Å². The number of rotatable bonds is 1. The Kier molecular flexibility index (Phi) is 3.79. The molecular formula is C17H15ClN2S. The summed E-state index contributed by atoms with van der Waals surface area (Å²) in [5.74, 6) is 0. The summed E-state index contributed by atoms with van der Waals surface area (Å²) in [4.78, 5) is 5.40. The van der Waals surface area contributed by atoms with Gasteiger partial charge in [-0.2, -0.15) is 0 Å². The summed E-state index contributed by atoms with van der Waals surface area (Å²) in [5, 5.41) is 3.93. The average Bonchev–Trinajstić information content (AvgIpc) is 2.60. The van der Waals surface area contributed by atoms with Gasteiger partial charge in [0.25, 0.3) is 0 Å². The van der Waals surface area contributed by atoms with Crippen LogP contribution in [-0.4, -0.2) is 17.2 Å². The summed E-state index contributed by atoms with van der Waals surface area (Å²) in [5.41, 5.74) is 6.49. The van der Waals surface area contributed by atoms with Crippen LogP contribution in [0.2, 0.25) is 5.02 Å². The van der Waals surface area contributed by atoms with Gasteiger partial charge in [-0.1, -0.05) is 36.0 Å². The van der Waals surface area contributed by atoms with Crippen LogP contribution in [0.3, 0.4) is 0 Å².